The molecule has 1 aromatic heterocycles. The van der Waals surface area contributed by atoms with Crippen LogP contribution in [0.1, 0.15) is 26.7 Å². The van der Waals surface area contributed by atoms with Crippen LogP contribution in [0.2, 0.25) is 0 Å². The Labute approximate surface area is 108 Å². The van der Waals surface area contributed by atoms with Crippen LogP contribution in [0.4, 0.5) is 11.4 Å². The Morgan fingerprint density at radius 1 is 1.26 bits per heavy atom. The number of nitrogens with one attached hydrogen (secondary N) is 1. The topological polar surface area (TPSA) is 106 Å². The second kappa shape index (κ2) is 4.85. The molecule has 0 unspecified atom stereocenters. The first-order valence-corrected chi connectivity index (χ1v) is 5.48. The van der Waals surface area contributed by atoms with Crippen molar-refractivity contribution < 1.29 is 19.1 Å². The van der Waals surface area contributed by atoms with E-state index >= 15 is 0 Å². The third-order valence-electron chi connectivity index (χ3n) is 2.49. The number of hydrogen-bond acceptors (Lipinski definition) is 4. The van der Waals surface area contributed by atoms with E-state index in [4.69, 9.17) is 15.3 Å². The van der Waals surface area contributed by atoms with Crippen molar-refractivity contribution >= 4 is 23.3 Å². The van der Waals surface area contributed by atoms with Crippen molar-refractivity contribution in [2.75, 3.05) is 11.1 Å². The van der Waals surface area contributed by atoms with Crippen molar-refractivity contribution in [3.8, 4) is 0 Å². The summed E-state index contributed by atoms with van der Waals surface area (Å²) in [6, 6.07) is 7.33. The highest BCUT2D eigenvalue weighted by Crippen LogP contribution is 2.20. The van der Waals surface area contributed by atoms with Gasteiger partial charge in [-0.15, -0.1) is 0 Å². The molecule has 1 amide bonds. The number of rotatable bonds is 3. The monoisotopic (exact) mass is 260 g/mol. The first-order valence-electron chi connectivity index (χ1n) is 5.48. The molecule has 0 saturated carbocycles. The van der Waals surface area contributed by atoms with Crippen LogP contribution in [-0.2, 0) is 0 Å². The van der Waals surface area contributed by atoms with Crippen molar-refractivity contribution in [1.29, 1.82) is 0 Å². The van der Waals surface area contributed by atoms with E-state index in [0.717, 1.165) is 0 Å². The number of aryl methyl sites for hydroxylation is 1. The van der Waals surface area contributed by atoms with E-state index in [1.54, 1.807) is 13.0 Å². The van der Waals surface area contributed by atoms with Crippen LogP contribution in [0.5, 0.6) is 0 Å². The van der Waals surface area contributed by atoms with Crippen molar-refractivity contribution in [2.45, 2.75) is 6.92 Å². The predicted molar refractivity (Wildman–Crippen MR) is 69.2 cm³/mol. The lowest BCUT2D eigenvalue weighted by Gasteiger charge is -2.08. The molecule has 6 heteroatoms. The van der Waals surface area contributed by atoms with E-state index in [-0.39, 0.29) is 17.0 Å². The summed E-state index contributed by atoms with van der Waals surface area (Å²) in [6.07, 6.45) is 0. The Kier molecular flexibility index (Phi) is 3.24. The van der Waals surface area contributed by atoms with Gasteiger partial charge in [-0.05, 0) is 37.3 Å². The van der Waals surface area contributed by atoms with Crippen LogP contribution >= 0.6 is 0 Å². The van der Waals surface area contributed by atoms with Gasteiger partial charge >= 0.3 is 5.97 Å². The summed E-state index contributed by atoms with van der Waals surface area (Å²) in [5.74, 6) is -0.973. The van der Waals surface area contributed by atoms with E-state index in [0.29, 0.717) is 11.4 Å². The van der Waals surface area contributed by atoms with Gasteiger partial charge in [0.25, 0.3) is 5.91 Å². The first-order chi connectivity index (χ1) is 8.97. The molecule has 0 aliphatic heterocycles. The number of nitrogens with two attached hydrogens (primary N) is 1. The predicted octanol–water partition coefficient (Wildman–Crippen LogP) is 2.12. The summed E-state index contributed by atoms with van der Waals surface area (Å²) >= 11 is 0. The van der Waals surface area contributed by atoms with Gasteiger partial charge in [0.1, 0.15) is 5.76 Å². The largest absolute Gasteiger partial charge is 0.478 e. The summed E-state index contributed by atoms with van der Waals surface area (Å²) in [7, 11) is 0. The Morgan fingerprint density at radius 2 is 2.00 bits per heavy atom. The standard InChI is InChI=1S/C13H12N2O4/c1-7-2-5-11(19-7)12(16)15-10-6-8(14)3-4-9(10)13(17)18/h2-6H,14H2,1H3,(H,15,16)(H,17,18). The molecule has 19 heavy (non-hydrogen) atoms. The zero-order chi connectivity index (χ0) is 14.0. The Morgan fingerprint density at radius 3 is 2.58 bits per heavy atom. The molecule has 0 aliphatic rings. The van der Waals surface area contributed by atoms with Crippen LogP contribution in [0.25, 0.3) is 0 Å². The van der Waals surface area contributed by atoms with Crippen molar-refractivity contribution in [3.63, 3.8) is 0 Å². The minimum atomic E-state index is -1.15. The number of benzene rings is 1. The van der Waals surface area contributed by atoms with Crippen LogP contribution in [0.15, 0.2) is 34.7 Å². The van der Waals surface area contributed by atoms with E-state index in [2.05, 4.69) is 5.32 Å². The number of carbonyl (C=O) groups excluding carboxylic acids is 1. The molecule has 98 valence electrons. The van der Waals surface area contributed by atoms with Gasteiger partial charge in [0.15, 0.2) is 5.76 Å². The number of amides is 1. The van der Waals surface area contributed by atoms with E-state index < -0.39 is 11.9 Å². The van der Waals surface area contributed by atoms with Gasteiger partial charge < -0.3 is 20.6 Å². The van der Waals surface area contributed by atoms with Gasteiger partial charge in [0.05, 0.1) is 11.3 Å². The van der Waals surface area contributed by atoms with Gasteiger partial charge in [-0.2, -0.15) is 0 Å². The van der Waals surface area contributed by atoms with Crippen LogP contribution in [0.3, 0.4) is 0 Å². The van der Waals surface area contributed by atoms with Crippen molar-refractivity contribution in [2.24, 2.45) is 0 Å². The molecule has 0 saturated heterocycles. The fraction of sp³-hybridized carbons (Fsp3) is 0.0769. The number of carbonyl (C=O) groups is 2. The molecular formula is C13H12N2O4. The lowest BCUT2D eigenvalue weighted by molar-refractivity contribution is 0.0698. The second-order valence-corrected chi connectivity index (χ2v) is 3.97. The molecule has 0 aliphatic carbocycles. The molecule has 0 atom stereocenters. The molecule has 1 aromatic carbocycles. The van der Waals surface area contributed by atoms with Gasteiger partial charge in [-0.1, -0.05) is 0 Å². The van der Waals surface area contributed by atoms with E-state index in [1.165, 1.54) is 24.3 Å². The normalized spacial score (nSPS) is 10.2. The number of furan rings is 1. The quantitative estimate of drug-likeness (QED) is 0.733. The number of nitrogen functional groups attached to an aromatic ring is 1. The van der Waals surface area contributed by atoms with Gasteiger partial charge in [0.2, 0.25) is 0 Å². The lowest BCUT2D eigenvalue weighted by atomic mass is 10.1. The molecule has 6 nitrogen and oxygen atoms in total. The minimum absolute atomic E-state index is 0.0363. The number of aromatic carboxylic acids is 1. The number of hydrogen-bond donors (Lipinski definition) is 3. The fourth-order valence-electron chi connectivity index (χ4n) is 1.59. The fourth-order valence-corrected chi connectivity index (χ4v) is 1.59. The second-order valence-electron chi connectivity index (χ2n) is 3.97. The van der Waals surface area contributed by atoms with Crippen LogP contribution in [-0.4, -0.2) is 17.0 Å². The van der Waals surface area contributed by atoms with Gasteiger partial charge in [-0.25, -0.2) is 4.79 Å². The molecule has 2 rings (SSSR count). The highest BCUT2D eigenvalue weighted by atomic mass is 16.4. The summed E-state index contributed by atoms with van der Waals surface area (Å²) in [6.45, 7) is 1.71. The Hall–Kier alpha value is -2.76. The first kappa shape index (κ1) is 12.7. The molecule has 0 fully saturated rings. The SMILES string of the molecule is Cc1ccc(C(=O)Nc2cc(N)ccc2C(=O)O)o1. The van der Waals surface area contributed by atoms with Gasteiger partial charge in [0, 0.05) is 5.69 Å². The third kappa shape index (κ3) is 2.74. The van der Waals surface area contributed by atoms with Crippen LogP contribution < -0.4 is 11.1 Å². The molecule has 0 radical (unpaired) electrons. The highest BCUT2D eigenvalue weighted by molar-refractivity contribution is 6.06. The smallest absolute Gasteiger partial charge is 0.337 e. The van der Waals surface area contributed by atoms with E-state index in [9.17, 15) is 9.59 Å². The number of carboxylic acid groups (broad SMARTS) is 1. The summed E-state index contributed by atoms with van der Waals surface area (Å²) in [5, 5.41) is 11.5. The summed E-state index contributed by atoms with van der Waals surface area (Å²) in [4.78, 5) is 22.9. The third-order valence-corrected chi connectivity index (χ3v) is 2.49. The maximum absolute atomic E-state index is 11.9. The molecule has 2 aromatic rings. The maximum Gasteiger partial charge on any atom is 0.337 e. The Balaban J connectivity index is 2.30. The van der Waals surface area contributed by atoms with Gasteiger partial charge in [-0.3, -0.25) is 4.79 Å². The average Bonchev–Trinajstić information content (AvgIpc) is 2.75. The molecule has 4 N–H and O–H groups in total. The summed E-state index contributed by atoms with van der Waals surface area (Å²) < 4.78 is 5.16. The molecule has 1 heterocycles. The zero-order valence-electron chi connectivity index (χ0n) is 10.1. The highest BCUT2D eigenvalue weighted by Gasteiger charge is 2.15. The lowest BCUT2D eigenvalue weighted by Crippen LogP contribution is -2.14. The molecule has 0 spiro atoms. The van der Waals surface area contributed by atoms with Crippen molar-refractivity contribution in [1.82, 2.24) is 0 Å². The average molecular weight is 260 g/mol. The van der Waals surface area contributed by atoms with E-state index in [1.807, 2.05) is 0 Å². The zero-order valence-corrected chi connectivity index (χ0v) is 10.1. The van der Waals surface area contributed by atoms with Crippen molar-refractivity contribution in [3.05, 3.63) is 47.4 Å². The summed E-state index contributed by atoms with van der Waals surface area (Å²) in [5.41, 5.74) is 6.03. The van der Waals surface area contributed by atoms with Crippen LogP contribution in [0, 0.1) is 6.92 Å². The number of anilines is 2. The molecular weight excluding hydrogens is 248 g/mol. The minimum Gasteiger partial charge on any atom is -0.478 e. The number of carboxylic acids is 1. The Bertz CT molecular complexity index is 646. The maximum atomic E-state index is 11.9. The molecule has 0 bridgehead atoms.